The van der Waals surface area contributed by atoms with Crippen molar-refractivity contribution in [2.24, 2.45) is 0 Å². The lowest BCUT2D eigenvalue weighted by Gasteiger charge is -2.29. The van der Waals surface area contributed by atoms with Gasteiger partial charge in [0.1, 0.15) is 6.04 Å². The molecule has 1 fully saturated rings. The highest BCUT2D eigenvalue weighted by atomic mass is 32.2. The minimum absolute atomic E-state index is 0.196. The molecule has 1 aliphatic heterocycles. The van der Waals surface area contributed by atoms with E-state index in [-0.39, 0.29) is 23.3 Å². The van der Waals surface area contributed by atoms with Gasteiger partial charge in [0.05, 0.1) is 11.5 Å². The fraction of sp³-hybridized carbons (Fsp3) is 0.700. The molecule has 90 valence electrons. The number of thioether (sulfide) groups is 1. The number of carbonyl (C=O) groups is 3. The number of amides is 2. The van der Waals surface area contributed by atoms with E-state index < -0.39 is 12.0 Å². The van der Waals surface area contributed by atoms with Crippen molar-refractivity contribution in [3.63, 3.8) is 0 Å². The predicted octanol–water partition coefficient (Wildman–Crippen LogP) is 0.732. The predicted molar refractivity (Wildman–Crippen MR) is 60.1 cm³/mol. The summed E-state index contributed by atoms with van der Waals surface area (Å²) >= 11 is 1.23. The van der Waals surface area contributed by atoms with Crippen LogP contribution in [0.4, 0.5) is 0 Å². The van der Waals surface area contributed by atoms with Crippen LogP contribution in [0.2, 0.25) is 0 Å². The fourth-order valence-electron chi connectivity index (χ4n) is 1.61. The monoisotopic (exact) mass is 245 g/mol. The van der Waals surface area contributed by atoms with Crippen molar-refractivity contribution >= 4 is 29.5 Å². The third-order valence-electron chi connectivity index (χ3n) is 2.42. The first kappa shape index (κ1) is 13.0. The number of carboxylic acid groups (broad SMARTS) is 1. The second-order valence-corrected chi connectivity index (χ2v) is 4.63. The average Bonchev–Trinajstić information content (AvgIpc) is 2.21. The molecule has 0 aromatic rings. The maximum atomic E-state index is 11.5. The van der Waals surface area contributed by atoms with Gasteiger partial charge in [-0.3, -0.25) is 14.5 Å². The first-order valence-corrected chi connectivity index (χ1v) is 6.38. The van der Waals surface area contributed by atoms with Crippen molar-refractivity contribution in [3.05, 3.63) is 0 Å². The number of imide groups is 1. The Kier molecular flexibility index (Phi) is 4.79. The molecule has 0 aromatic heterocycles. The van der Waals surface area contributed by atoms with E-state index in [4.69, 9.17) is 5.11 Å². The highest BCUT2D eigenvalue weighted by Gasteiger charge is 2.36. The first-order chi connectivity index (χ1) is 7.57. The summed E-state index contributed by atoms with van der Waals surface area (Å²) in [5.41, 5.74) is 0. The summed E-state index contributed by atoms with van der Waals surface area (Å²) in [5, 5.41) is 9.03. The van der Waals surface area contributed by atoms with Crippen LogP contribution in [0.25, 0.3) is 0 Å². The summed E-state index contributed by atoms with van der Waals surface area (Å²) in [5.74, 6) is -1.47. The summed E-state index contributed by atoms with van der Waals surface area (Å²) in [7, 11) is 0. The summed E-state index contributed by atoms with van der Waals surface area (Å²) in [4.78, 5) is 35.0. The van der Waals surface area contributed by atoms with Gasteiger partial charge in [0.2, 0.25) is 11.8 Å². The van der Waals surface area contributed by atoms with E-state index in [1.54, 1.807) is 0 Å². The Labute approximate surface area is 98.2 Å². The molecule has 0 saturated carbocycles. The van der Waals surface area contributed by atoms with Crippen LogP contribution < -0.4 is 0 Å². The molecular weight excluding hydrogens is 230 g/mol. The van der Waals surface area contributed by atoms with E-state index in [0.717, 1.165) is 11.3 Å². The van der Waals surface area contributed by atoms with Gasteiger partial charge in [0, 0.05) is 0 Å². The Morgan fingerprint density at radius 3 is 2.44 bits per heavy atom. The van der Waals surface area contributed by atoms with Crippen molar-refractivity contribution in [2.45, 2.75) is 32.2 Å². The molecule has 5 nitrogen and oxygen atoms in total. The molecule has 1 heterocycles. The van der Waals surface area contributed by atoms with Gasteiger partial charge in [-0.2, -0.15) is 0 Å². The number of nitrogens with zero attached hydrogens (tertiary/aromatic N) is 1. The number of carboxylic acids is 1. The van der Waals surface area contributed by atoms with Crippen LogP contribution >= 0.6 is 11.8 Å². The number of hydrogen-bond donors (Lipinski definition) is 1. The van der Waals surface area contributed by atoms with Crippen molar-refractivity contribution in [3.8, 4) is 0 Å². The summed E-state index contributed by atoms with van der Waals surface area (Å²) in [6, 6.07) is -0.985. The molecule has 1 N–H and O–H groups in total. The lowest BCUT2D eigenvalue weighted by molar-refractivity contribution is -0.156. The highest BCUT2D eigenvalue weighted by Crippen LogP contribution is 2.18. The highest BCUT2D eigenvalue weighted by molar-refractivity contribution is 8.00. The maximum Gasteiger partial charge on any atom is 0.326 e. The maximum absolute atomic E-state index is 11.5. The smallest absolute Gasteiger partial charge is 0.326 e. The molecule has 6 heteroatoms. The van der Waals surface area contributed by atoms with Gasteiger partial charge in [0.25, 0.3) is 0 Å². The van der Waals surface area contributed by atoms with Gasteiger partial charge in [-0.25, -0.2) is 4.79 Å². The van der Waals surface area contributed by atoms with E-state index in [1.165, 1.54) is 11.8 Å². The molecule has 0 spiro atoms. The van der Waals surface area contributed by atoms with Gasteiger partial charge in [0.15, 0.2) is 0 Å². The van der Waals surface area contributed by atoms with Crippen molar-refractivity contribution < 1.29 is 19.5 Å². The van der Waals surface area contributed by atoms with E-state index in [2.05, 4.69) is 0 Å². The SMILES string of the molecule is CCCCC(C(=O)O)N1C(=O)CSCC1=O. The van der Waals surface area contributed by atoms with Crippen molar-refractivity contribution in [1.82, 2.24) is 4.90 Å². The molecule has 1 rings (SSSR count). The molecule has 1 unspecified atom stereocenters. The molecule has 1 atom stereocenters. The largest absolute Gasteiger partial charge is 0.480 e. The third kappa shape index (κ3) is 2.98. The standard InChI is InChI=1S/C10H15NO4S/c1-2-3-4-7(10(14)15)11-8(12)5-16-6-9(11)13/h7H,2-6H2,1H3,(H,14,15). The van der Waals surface area contributed by atoms with Crippen LogP contribution in [0.1, 0.15) is 26.2 Å². The molecule has 1 saturated heterocycles. The Morgan fingerprint density at radius 1 is 1.44 bits per heavy atom. The number of aliphatic carboxylic acids is 1. The van der Waals surface area contributed by atoms with Crippen LogP contribution in [0, 0.1) is 0 Å². The van der Waals surface area contributed by atoms with Crippen LogP contribution in [-0.2, 0) is 14.4 Å². The van der Waals surface area contributed by atoms with E-state index in [0.29, 0.717) is 12.8 Å². The number of hydrogen-bond acceptors (Lipinski definition) is 4. The van der Waals surface area contributed by atoms with E-state index in [1.807, 2.05) is 6.92 Å². The Balaban J connectivity index is 2.78. The molecule has 0 aliphatic carbocycles. The van der Waals surface area contributed by atoms with Gasteiger partial charge >= 0.3 is 5.97 Å². The topological polar surface area (TPSA) is 74.7 Å². The van der Waals surface area contributed by atoms with Crippen LogP contribution in [0.15, 0.2) is 0 Å². The lowest BCUT2D eigenvalue weighted by atomic mass is 10.1. The third-order valence-corrected chi connectivity index (χ3v) is 3.32. The molecule has 0 radical (unpaired) electrons. The summed E-state index contributed by atoms with van der Waals surface area (Å²) in [6.45, 7) is 1.94. The molecule has 0 bridgehead atoms. The zero-order valence-electron chi connectivity index (χ0n) is 9.14. The zero-order valence-corrected chi connectivity index (χ0v) is 9.96. The molecule has 2 amide bonds. The van der Waals surface area contributed by atoms with Crippen molar-refractivity contribution in [2.75, 3.05) is 11.5 Å². The first-order valence-electron chi connectivity index (χ1n) is 5.23. The molecule has 16 heavy (non-hydrogen) atoms. The average molecular weight is 245 g/mol. The molecule has 1 aliphatic rings. The number of rotatable bonds is 5. The number of carbonyl (C=O) groups excluding carboxylic acids is 2. The Morgan fingerprint density at radius 2 is 2.00 bits per heavy atom. The lowest BCUT2D eigenvalue weighted by Crippen LogP contribution is -2.52. The normalized spacial score (nSPS) is 18.7. The minimum atomic E-state index is -1.10. The molecule has 0 aromatic carbocycles. The Bertz CT molecular complexity index is 289. The van der Waals surface area contributed by atoms with Crippen LogP contribution in [-0.4, -0.2) is 45.3 Å². The van der Waals surface area contributed by atoms with Gasteiger partial charge < -0.3 is 5.11 Å². The second-order valence-electron chi connectivity index (χ2n) is 3.65. The summed E-state index contributed by atoms with van der Waals surface area (Å²) in [6.07, 6.45) is 1.88. The quantitative estimate of drug-likeness (QED) is 0.723. The number of unbranched alkanes of at least 4 members (excludes halogenated alkanes) is 1. The summed E-state index contributed by atoms with van der Waals surface area (Å²) < 4.78 is 0. The van der Waals surface area contributed by atoms with Gasteiger partial charge in [-0.05, 0) is 6.42 Å². The zero-order chi connectivity index (χ0) is 12.1. The van der Waals surface area contributed by atoms with E-state index in [9.17, 15) is 14.4 Å². The van der Waals surface area contributed by atoms with Crippen LogP contribution in [0.3, 0.4) is 0 Å². The minimum Gasteiger partial charge on any atom is -0.480 e. The fourth-order valence-corrected chi connectivity index (χ4v) is 2.34. The molecular formula is C10H15NO4S. The second kappa shape index (κ2) is 5.89. The van der Waals surface area contributed by atoms with Gasteiger partial charge in [-0.15, -0.1) is 11.8 Å². The van der Waals surface area contributed by atoms with Crippen LogP contribution in [0.5, 0.6) is 0 Å². The van der Waals surface area contributed by atoms with Crippen molar-refractivity contribution in [1.29, 1.82) is 0 Å². The van der Waals surface area contributed by atoms with Gasteiger partial charge in [-0.1, -0.05) is 19.8 Å². The Hall–Kier alpha value is -1.04. The van der Waals surface area contributed by atoms with E-state index >= 15 is 0 Å².